The molecule has 11 heavy (non-hydrogen) atoms. The van der Waals surface area contributed by atoms with Crippen LogP contribution >= 0.6 is 15.9 Å². The first kappa shape index (κ1) is 8.64. The number of amides is 1. The van der Waals surface area contributed by atoms with Crippen molar-refractivity contribution in [3.8, 4) is 0 Å². The van der Waals surface area contributed by atoms with Gasteiger partial charge in [-0.25, -0.2) is 0 Å². The highest BCUT2D eigenvalue weighted by Crippen LogP contribution is 2.29. The van der Waals surface area contributed by atoms with Crippen molar-refractivity contribution < 1.29 is 4.79 Å². The second-order valence-corrected chi connectivity index (χ2v) is 3.21. The summed E-state index contributed by atoms with van der Waals surface area (Å²) < 4.78 is 0. The van der Waals surface area contributed by atoms with Crippen LogP contribution in [0, 0.1) is 0 Å². The molecule has 0 aromatic heterocycles. The smallest absolute Gasteiger partial charge is 0.230 e. The minimum Gasteiger partial charge on any atom is -0.355 e. The van der Waals surface area contributed by atoms with Crippen molar-refractivity contribution in [2.24, 2.45) is 10.2 Å². The first-order valence-electron chi connectivity index (χ1n) is 3.43. The number of rotatable bonds is 4. The van der Waals surface area contributed by atoms with Gasteiger partial charge in [-0.3, -0.25) is 4.79 Å². The normalized spacial score (nSPS) is 18.0. The van der Waals surface area contributed by atoms with Gasteiger partial charge in [-0.15, -0.1) is 0 Å². The van der Waals surface area contributed by atoms with Crippen LogP contribution in [0.15, 0.2) is 10.2 Å². The highest BCUT2D eigenvalue weighted by Gasteiger charge is 2.32. The third-order valence-corrected chi connectivity index (χ3v) is 1.99. The Labute approximate surface area is 73.6 Å². The molecule has 1 amide bonds. The Balaban J connectivity index is 2.00. The Morgan fingerprint density at radius 3 is 2.73 bits per heavy atom. The van der Waals surface area contributed by atoms with Crippen LogP contribution in [0.4, 0.5) is 0 Å². The second kappa shape index (κ2) is 3.30. The van der Waals surface area contributed by atoms with Crippen LogP contribution in [0.5, 0.6) is 0 Å². The zero-order valence-electron chi connectivity index (χ0n) is 6.30. The lowest BCUT2D eigenvalue weighted by molar-refractivity contribution is -0.118. The van der Waals surface area contributed by atoms with Crippen molar-refractivity contribution in [1.82, 2.24) is 5.32 Å². The molecule has 0 bridgehead atoms. The third kappa shape index (κ3) is 2.96. The van der Waals surface area contributed by atoms with E-state index in [9.17, 15) is 4.79 Å². The lowest BCUT2D eigenvalue weighted by Gasteiger charge is -2.03. The number of hydrogen-bond donors (Lipinski definition) is 1. The van der Waals surface area contributed by atoms with E-state index in [2.05, 4.69) is 31.5 Å². The Hall–Kier alpha value is -0.450. The molecule has 0 saturated carbocycles. The lowest BCUT2D eigenvalue weighted by atomic mass is 10.2. The van der Waals surface area contributed by atoms with Crippen molar-refractivity contribution in [3.63, 3.8) is 0 Å². The average molecular weight is 220 g/mol. The zero-order valence-corrected chi connectivity index (χ0v) is 7.89. The summed E-state index contributed by atoms with van der Waals surface area (Å²) in [4.78, 5) is 10.7. The first-order chi connectivity index (χ1) is 5.16. The van der Waals surface area contributed by atoms with E-state index in [1.54, 1.807) is 0 Å². The van der Waals surface area contributed by atoms with Crippen LogP contribution in [0.1, 0.15) is 13.3 Å². The van der Waals surface area contributed by atoms with Crippen LogP contribution in [-0.2, 0) is 4.79 Å². The summed E-state index contributed by atoms with van der Waals surface area (Å²) in [6.07, 6.45) is 0.797. The van der Waals surface area contributed by atoms with Gasteiger partial charge in [-0.2, -0.15) is 10.2 Å². The molecule has 0 spiro atoms. The van der Waals surface area contributed by atoms with E-state index in [0.717, 1.165) is 6.42 Å². The topological polar surface area (TPSA) is 53.8 Å². The van der Waals surface area contributed by atoms with Gasteiger partial charge >= 0.3 is 0 Å². The molecular weight excluding hydrogens is 210 g/mol. The summed E-state index contributed by atoms with van der Waals surface area (Å²) in [6.45, 7) is 2.58. The van der Waals surface area contributed by atoms with Gasteiger partial charge < -0.3 is 5.32 Å². The number of carbonyl (C=O) groups excluding carboxylic acids is 1. The quantitative estimate of drug-likeness (QED) is 0.708. The van der Waals surface area contributed by atoms with Crippen LogP contribution in [0.25, 0.3) is 0 Å². The molecule has 4 nitrogen and oxygen atoms in total. The number of carbonyl (C=O) groups is 1. The molecule has 0 atom stereocenters. The van der Waals surface area contributed by atoms with Gasteiger partial charge in [0.1, 0.15) is 0 Å². The third-order valence-electron chi connectivity index (χ3n) is 1.48. The predicted octanol–water partition coefficient (Wildman–Crippen LogP) is 1.07. The number of alkyl halides is 1. The second-order valence-electron chi connectivity index (χ2n) is 2.65. The molecule has 1 N–H and O–H groups in total. The van der Waals surface area contributed by atoms with Crippen molar-refractivity contribution >= 4 is 21.8 Å². The van der Waals surface area contributed by atoms with Gasteiger partial charge in [0.15, 0.2) is 5.66 Å². The maximum absolute atomic E-state index is 10.7. The van der Waals surface area contributed by atoms with Crippen LogP contribution in [-0.4, -0.2) is 23.4 Å². The Morgan fingerprint density at radius 2 is 2.27 bits per heavy atom. The largest absolute Gasteiger partial charge is 0.355 e. The van der Waals surface area contributed by atoms with Crippen molar-refractivity contribution in [1.29, 1.82) is 0 Å². The Bertz CT molecular complexity index is 186. The maximum Gasteiger partial charge on any atom is 0.230 e. The summed E-state index contributed by atoms with van der Waals surface area (Å²) in [5, 5.41) is 10.7. The standard InChI is InChI=1S/C6H10BrN3O/c1-6(9-10-6)2-3-8-5(11)4-7/h2-4H2,1H3,(H,8,11). The molecule has 1 heterocycles. The van der Waals surface area contributed by atoms with Gasteiger partial charge in [0.05, 0.1) is 5.33 Å². The molecule has 0 aromatic carbocycles. The van der Waals surface area contributed by atoms with Gasteiger partial charge in [-0.05, 0) is 6.92 Å². The molecule has 1 rings (SSSR count). The molecule has 1 aliphatic heterocycles. The zero-order chi connectivity index (χ0) is 8.32. The van der Waals surface area contributed by atoms with Gasteiger partial charge in [0.25, 0.3) is 0 Å². The predicted molar refractivity (Wildman–Crippen MR) is 44.7 cm³/mol. The number of halogens is 1. The summed E-state index contributed by atoms with van der Waals surface area (Å²) in [5.41, 5.74) is -0.195. The highest BCUT2D eigenvalue weighted by molar-refractivity contribution is 9.09. The summed E-state index contributed by atoms with van der Waals surface area (Å²) in [7, 11) is 0. The molecule has 0 fully saturated rings. The number of hydrogen-bond acceptors (Lipinski definition) is 3. The lowest BCUT2D eigenvalue weighted by Crippen LogP contribution is -2.27. The molecule has 0 unspecified atom stereocenters. The fourth-order valence-electron chi connectivity index (χ4n) is 0.671. The first-order valence-corrected chi connectivity index (χ1v) is 4.55. The van der Waals surface area contributed by atoms with Crippen LogP contribution in [0.2, 0.25) is 0 Å². The van der Waals surface area contributed by atoms with Crippen LogP contribution in [0.3, 0.4) is 0 Å². The molecule has 0 aliphatic carbocycles. The molecule has 0 radical (unpaired) electrons. The summed E-state index contributed by atoms with van der Waals surface area (Å²) in [6, 6.07) is 0. The fourth-order valence-corrected chi connectivity index (χ4v) is 0.870. The molecule has 1 aliphatic rings. The average Bonchev–Trinajstić information content (AvgIpc) is 2.68. The SMILES string of the molecule is CC1(CCNC(=O)CBr)N=N1. The highest BCUT2D eigenvalue weighted by atomic mass is 79.9. The van der Waals surface area contributed by atoms with Crippen LogP contribution < -0.4 is 5.32 Å². The molecule has 62 valence electrons. The molecule has 0 saturated heterocycles. The van der Waals surface area contributed by atoms with Gasteiger partial charge in [-0.1, -0.05) is 15.9 Å². The van der Waals surface area contributed by atoms with E-state index in [-0.39, 0.29) is 11.6 Å². The Morgan fingerprint density at radius 1 is 1.64 bits per heavy atom. The van der Waals surface area contributed by atoms with Crippen molar-refractivity contribution in [2.75, 3.05) is 11.9 Å². The van der Waals surface area contributed by atoms with Crippen molar-refractivity contribution in [3.05, 3.63) is 0 Å². The van der Waals surface area contributed by atoms with E-state index < -0.39 is 0 Å². The van der Waals surface area contributed by atoms with Crippen molar-refractivity contribution in [2.45, 2.75) is 19.0 Å². The monoisotopic (exact) mass is 219 g/mol. The summed E-state index contributed by atoms with van der Waals surface area (Å²) >= 11 is 3.05. The maximum atomic E-state index is 10.7. The minimum atomic E-state index is -0.195. The van der Waals surface area contributed by atoms with E-state index in [4.69, 9.17) is 0 Å². The number of nitrogens with one attached hydrogen (secondary N) is 1. The summed E-state index contributed by atoms with van der Waals surface area (Å²) in [5.74, 6) is 0.00856. The molecule has 5 heteroatoms. The number of nitrogens with zero attached hydrogens (tertiary/aromatic N) is 2. The molecular formula is C6H10BrN3O. The van der Waals surface area contributed by atoms with E-state index in [1.165, 1.54) is 0 Å². The minimum absolute atomic E-state index is 0.00856. The van der Waals surface area contributed by atoms with E-state index in [1.807, 2.05) is 6.92 Å². The Kier molecular flexibility index (Phi) is 2.59. The molecule has 0 aromatic rings. The van der Waals surface area contributed by atoms with E-state index >= 15 is 0 Å². The van der Waals surface area contributed by atoms with E-state index in [0.29, 0.717) is 11.9 Å². The van der Waals surface area contributed by atoms with Gasteiger partial charge in [0.2, 0.25) is 5.91 Å². The fraction of sp³-hybridized carbons (Fsp3) is 0.833. The van der Waals surface area contributed by atoms with Gasteiger partial charge in [0, 0.05) is 13.0 Å².